The van der Waals surface area contributed by atoms with Gasteiger partial charge in [-0.2, -0.15) is 5.10 Å². The first-order chi connectivity index (χ1) is 10.1. The molecule has 1 aromatic heterocycles. The van der Waals surface area contributed by atoms with E-state index in [-0.39, 0.29) is 19.0 Å². The minimum atomic E-state index is -0.802. The lowest BCUT2D eigenvalue weighted by atomic mass is 10.1. The van der Waals surface area contributed by atoms with Crippen LogP contribution in [0.2, 0.25) is 0 Å². The predicted octanol–water partition coefficient (Wildman–Crippen LogP) is 3.10. The van der Waals surface area contributed by atoms with Crippen LogP contribution in [-0.2, 0) is 11.3 Å². The van der Waals surface area contributed by atoms with Gasteiger partial charge in [-0.3, -0.25) is 14.8 Å². The van der Waals surface area contributed by atoms with Crippen LogP contribution in [0.1, 0.15) is 24.5 Å². The van der Waals surface area contributed by atoms with Crippen molar-refractivity contribution < 1.29 is 9.90 Å². The summed E-state index contributed by atoms with van der Waals surface area (Å²) >= 11 is 0. The molecule has 22 heavy (non-hydrogen) atoms. The van der Waals surface area contributed by atoms with Crippen molar-refractivity contribution >= 4 is 18.4 Å². The van der Waals surface area contributed by atoms with E-state index in [1.165, 1.54) is 5.56 Å². The third kappa shape index (κ3) is 4.86. The average Bonchev–Trinajstić information content (AvgIpc) is 2.86. The number of aliphatic carboxylic acids is 1. The first-order valence-corrected chi connectivity index (χ1v) is 7.13. The number of H-pyrrole nitrogens is 1. The molecule has 2 aromatic rings. The Kier molecular flexibility index (Phi) is 7.08. The molecule has 1 aromatic carbocycles. The Morgan fingerprint density at radius 2 is 2.18 bits per heavy atom. The van der Waals surface area contributed by atoms with Crippen LogP contribution < -0.4 is 0 Å². The van der Waals surface area contributed by atoms with E-state index in [1.807, 2.05) is 36.9 Å². The van der Waals surface area contributed by atoms with E-state index in [0.29, 0.717) is 6.54 Å². The van der Waals surface area contributed by atoms with Crippen LogP contribution in [0, 0.1) is 6.92 Å². The monoisotopic (exact) mass is 323 g/mol. The number of carboxylic acids is 1. The Balaban J connectivity index is 0.00000242. The maximum absolute atomic E-state index is 10.9. The molecule has 0 spiro atoms. The fraction of sp³-hybridized carbons (Fsp3) is 0.375. The molecule has 0 unspecified atom stereocenters. The molecule has 0 bridgehead atoms. The van der Waals surface area contributed by atoms with Crippen LogP contribution in [0.25, 0.3) is 11.3 Å². The molecule has 1 heterocycles. The van der Waals surface area contributed by atoms with Gasteiger partial charge in [-0.05, 0) is 26.0 Å². The van der Waals surface area contributed by atoms with Gasteiger partial charge in [0.05, 0.1) is 18.4 Å². The van der Waals surface area contributed by atoms with E-state index in [9.17, 15) is 4.79 Å². The smallest absolute Gasteiger partial charge is 0.317 e. The number of aromatic amines is 1. The van der Waals surface area contributed by atoms with Crippen molar-refractivity contribution in [3.8, 4) is 11.3 Å². The number of hydrogen-bond acceptors (Lipinski definition) is 3. The second kappa shape index (κ2) is 8.56. The molecule has 5 nitrogen and oxygen atoms in total. The van der Waals surface area contributed by atoms with Gasteiger partial charge in [-0.15, -0.1) is 12.4 Å². The Hall–Kier alpha value is -1.85. The standard InChI is InChI=1S/C16H21N3O2.ClH/c1-3-7-19(11-15(20)21)10-14-9-17-18-16(14)13-6-4-5-12(2)8-13;/h4-6,8-9H,3,7,10-11H2,1-2H3,(H,17,18)(H,20,21);1H. The number of aromatic nitrogens is 2. The summed E-state index contributed by atoms with van der Waals surface area (Å²) in [5.74, 6) is -0.802. The molecule has 0 fully saturated rings. The number of nitrogens with one attached hydrogen (secondary N) is 1. The molecule has 0 atom stereocenters. The predicted molar refractivity (Wildman–Crippen MR) is 89.2 cm³/mol. The van der Waals surface area contributed by atoms with Gasteiger partial charge in [0.2, 0.25) is 0 Å². The van der Waals surface area contributed by atoms with Crippen molar-refractivity contribution in [2.45, 2.75) is 26.8 Å². The molecule has 2 rings (SSSR count). The van der Waals surface area contributed by atoms with Crippen molar-refractivity contribution in [2.75, 3.05) is 13.1 Å². The minimum Gasteiger partial charge on any atom is -0.480 e. The number of benzene rings is 1. The third-order valence-electron chi connectivity index (χ3n) is 3.32. The van der Waals surface area contributed by atoms with Gasteiger partial charge in [0.15, 0.2) is 0 Å². The Morgan fingerprint density at radius 3 is 2.82 bits per heavy atom. The molecule has 0 saturated heterocycles. The molecule has 0 saturated carbocycles. The van der Waals surface area contributed by atoms with Gasteiger partial charge >= 0.3 is 5.97 Å². The molecule has 0 radical (unpaired) electrons. The van der Waals surface area contributed by atoms with E-state index in [0.717, 1.165) is 29.8 Å². The number of rotatable bonds is 7. The first kappa shape index (κ1) is 18.2. The summed E-state index contributed by atoms with van der Waals surface area (Å²) < 4.78 is 0. The SMILES string of the molecule is CCCN(CC(=O)O)Cc1cn[nH]c1-c1cccc(C)c1.Cl. The van der Waals surface area contributed by atoms with Crippen LogP contribution in [0.15, 0.2) is 30.5 Å². The topological polar surface area (TPSA) is 69.2 Å². The molecular weight excluding hydrogens is 302 g/mol. The van der Waals surface area contributed by atoms with E-state index >= 15 is 0 Å². The molecule has 0 aliphatic carbocycles. The van der Waals surface area contributed by atoms with Crippen LogP contribution in [0.4, 0.5) is 0 Å². The van der Waals surface area contributed by atoms with Crippen molar-refractivity contribution in [2.24, 2.45) is 0 Å². The van der Waals surface area contributed by atoms with Crippen molar-refractivity contribution in [3.63, 3.8) is 0 Å². The highest BCUT2D eigenvalue weighted by Crippen LogP contribution is 2.23. The van der Waals surface area contributed by atoms with Crippen molar-refractivity contribution in [1.29, 1.82) is 0 Å². The fourth-order valence-electron chi connectivity index (χ4n) is 2.44. The molecule has 120 valence electrons. The van der Waals surface area contributed by atoms with Crippen molar-refractivity contribution in [3.05, 3.63) is 41.6 Å². The van der Waals surface area contributed by atoms with Crippen LogP contribution in [0.5, 0.6) is 0 Å². The summed E-state index contributed by atoms with van der Waals surface area (Å²) in [6, 6.07) is 8.19. The quantitative estimate of drug-likeness (QED) is 0.821. The second-order valence-electron chi connectivity index (χ2n) is 5.24. The zero-order valence-electron chi connectivity index (χ0n) is 12.9. The number of aryl methyl sites for hydroxylation is 1. The number of carbonyl (C=O) groups is 1. The molecule has 0 aliphatic rings. The lowest BCUT2D eigenvalue weighted by Crippen LogP contribution is -2.30. The third-order valence-corrected chi connectivity index (χ3v) is 3.32. The summed E-state index contributed by atoms with van der Waals surface area (Å²) in [4.78, 5) is 12.9. The largest absolute Gasteiger partial charge is 0.480 e. The van der Waals surface area contributed by atoms with Gasteiger partial charge < -0.3 is 5.11 Å². The van der Waals surface area contributed by atoms with Gasteiger partial charge in [-0.25, -0.2) is 0 Å². The molecule has 2 N–H and O–H groups in total. The number of carboxylic acid groups (broad SMARTS) is 1. The lowest BCUT2D eigenvalue weighted by Gasteiger charge is -2.19. The fourth-order valence-corrected chi connectivity index (χ4v) is 2.44. The Bertz CT molecular complexity index is 613. The number of halogens is 1. The first-order valence-electron chi connectivity index (χ1n) is 7.13. The van der Waals surface area contributed by atoms with E-state index in [1.54, 1.807) is 6.20 Å². The average molecular weight is 324 g/mol. The molecular formula is C16H22ClN3O2. The van der Waals surface area contributed by atoms with Gasteiger partial charge in [-0.1, -0.05) is 30.7 Å². The summed E-state index contributed by atoms with van der Waals surface area (Å²) in [6.45, 7) is 5.48. The number of hydrogen-bond donors (Lipinski definition) is 2. The summed E-state index contributed by atoms with van der Waals surface area (Å²) in [5, 5.41) is 16.1. The molecule has 0 aliphatic heterocycles. The maximum Gasteiger partial charge on any atom is 0.317 e. The molecule has 0 amide bonds. The highest BCUT2D eigenvalue weighted by atomic mass is 35.5. The minimum absolute atomic E-state index is 0. The van der Waals surface area contributed by atoms with Crippen LogP contribution in [0.3, 0.4) is 0 Å². The maximum atomic E-state index is 10.9. The normalized spacial score (nSPS) is 10.5. The zero-order valence-corrected chi connectivity index (χ0v) is 13.7. The summed E-state index contributed by atoms with van der Waals surface area (Å²) in [6.07, 6.45) is 2.70. The van der Waals surface area contributed by atoms with E-state index in [2.05, 4.69) is 16.3 Å². The zero-order chi connectivity index (χ0) is 15.2. The van der Waals surface area contributed by atoms with Gasteiger partial charge in [0, 0.05) is 17.7 Å². The van der Waals surface area contributed by atoms with E-state index in [4.69, 9.17) is 5.11 Å². The Morgan fingerprint density at radius 1 is 1.41 bits per heavy atom. The summed E-state index contributed by atoms with van der Waals surface area (Å²) in [7, 11) is 0. The van der Waals surface area contributed by atoms with E-state index < -0.39 is 5.97 Å². The highest BCUT2D eigenvalue weighted by Gasteiger charge is 2.14. The second-order valence-corrected chi connectivity index (χ2v) is 5.24. The Labute approximate surface area is 136 Å². The van der Waals surface area contributed by atoms with Gasteiger partial charge in [0.25, 0.3) is 0 Å². The highest BCUT2D eigenvalue weighted by molar-refractivity contribution is 5.85. The molecule has 6 heteroatoms. The lowest BCUT2D eigenvalue weighted by molar-refractivity contribution is -0.138. The number of nitrogens with zero attached hydrogens (tertiary/aromatic N) is 2. The van der Waals surface area contributed by atoms with Gasteiger partial charge in [0.1, 0.15) is 0 Å². The van der Waals surface area contributed by atoms with Crippen molar-refractivity contribution in [1.82, 2.24) is 15.1 Å². The summed E-state index contributed by atoms with van der Waals surface area (Å²) in [5.41, 5.74) is 4.25. The van der Waals surface area contributed by atoms with Crippen LogP contribution in [-0.4, -0.2) is 39.3 Å². The van der Waals surface area contributed by atoms with Crippen LogP contribution >= 0.6 is 12.4 Å².